The molecule has 1 atom stereocenters. The number of nitrogens with two attached hydrogens (primary N) is 1. The van der Waals surface area contributed by atoms with E-state index in [0.717, 1.165) is 5.56 Å². The Morgan fingerprint density at radius 2 is 2.36 bits per heavy atom. The lowest BCUT2D eigenvalue weighted by Gasteiger charge is -2.04. The van der Waals surface area contributed by atoms with Crippen molar-refractivity contribution in [3.63, 3.8) is 0 Å². The summed E-state index contributed by atoms with van der Waals surface area (Å²) in [6.07, 6.45) is 1.69. The molecule has 3 N–H and O–H groups in total. The molecule has 0 amide bonds. The lowest BCUT2D eigenvalue weighted by atomic mass is 10.1. The molecule has 0 saturated heterocycles. The fraction of sp³-hybridized carbons (Fsp3) is 0.375. The van der Waals surface area contributed by atoms with Crippen LogP contribution in [0.5, 0.6) is 0 Å². The van der Waals surface area contributed by atoms with Gasteiger partial charge in [-0.1, -0.05) is 6.07 Å². The van der Waals surface area contributed by atoms with Crippen molar-refractivity contribution in [1.29, 1.82) is 0 Å². The van der Waals surface area contributed by atoms with Crippen molar-refractivity contribution in [3.05, 3.63) is 29.6 Å². The molecule has 60 valence electrons. The summed E-state index contributed by atoms with van der Waals surface area (Å²) in [4.78, 5) is 3.99. The average Bonchev–Trinajstić information content (AvgIpc) is 2.05. The van der Waals surface area contributed by atoms with E-state index in [9.17, 15) is 0 Å². The van der Waals surface area contributed by atoms with Gasteiger partial charge >= 0.3 is 0 Å². The third-order valence-electron chi connectivity index (χ3n) is 1.54. The minimum atomic E-state index is -0.0147. The molecular weight excluding hydrogens is 140 g/mol. The van der Waals surface area contributed by atoms with Crippen molar-refractivity contribution >= 4 is 0 Å². The van der Waals surface area contributed by atoms with Gasteiger partial charge in [0.2, 0.25) is 0 Å². The highest BCUT2D eigenvalue weighted by molar-refractivity contribution is 5.16. The number of pyridine rings is 1. The standard InChI is InChI=1S/C8H12N2O/c1-6(9)7-2-3-8(5-11)10-4-7/h2-4,6,11H,5,9H2,1H3/t6-/m1/s1. The molecule has 1 aromatic rings. The average molecular weight is 152 g/mol. The van der Waals surface area contributed by atoms with Gasteiger partial charge in [0.1, 0.15) is 0 Å². The van der Waals surface area contributed by atoms with Gasteiger partial charge in [-0.25, -0.2) is 0 Å². The molecule has 0 unspecified atom stereocenters. The maximum absolute atomic E-state index is 8.67. The zero-order valence-corrected chi connectivity index (χ0v) is 6.49. The van der Waals surface area contributed by atoms with Crippen LogP contribution in [0.25, 0.3) is 0 Å². The van der Waals surface area contributed by atoms with E-state index in [-0.39, 0.29) is 12.6 Å². The number of hydrogen-bond acceptors (Lipinski definition) is 3. The Morgan fingerprint density at radius 3 is 2.73 bits per heavy atom. The number of aliphatic hydroxyl groups is 1. The second-order valence-electron chi connectivity index (χ2n) is 2.53. The molecule has 0 fully saturated rings. The van der Waals surface area contributed by atoms with E-state index in [1.165, 1.54) is 0 Å². The van der Waals surface area contributed by atoms with Crippen LogP contribution in [0.4, 0.5) is 0 Å². The molecule has 0 aliphatic rings. The van der Waals surface area contributed by atoms with Gasteiger partial charge in [0.05, 0.1) is 12.3 Å². The van der Waals surface area contributed by atoms with Gasteiger partial charge in [-0.15, -0.1) is 0 Å². The summed E-state index contributed by atoms with van der Waals surface area (Å²) in [6.45, 7) is 1.88. The summed E-state index contributed by atoms with van der Waals surface area (Å²) in [5.41, 5.74) is 7.27. The van der Waals surface area contributed by atoms with Gasteiger partial charge in [0.15, 0.2) is 0 Å². The first-order valence-corrected chi connectivity index (χ1v) is 3.55. The minimum absolute atomic E-state index is 0.00948. The molecule has 0 bridgehead atoms. The van der Waals surface area contributed by atoms with E-state index in [1.807, 2.05) is 13.0 Å². The van der Waals surface area contributed by atoms with Crippen molar-refractivity contribution < 1.29 is 5.11 Å². The SMILES string of the molecule is C[C@@H](N)c1ccc(CO)nc1. The summed E-state index contributed by atoms with van der Waals surface area (Å²) < 4.78 is 0. The molecular formula is C8H12N2O. The van der Waals surface area contributed by atoms with Crippen LogP contribution >= 0.6 is 0 Å². The van der Waals surface area contributed by atoms with Crippen molar-refractivity contribution in [2.24, 2.45) is 5.73 Å². The van der Waals surface area contributed by atoms with Crippen LogP contribution in [0.15, 0.2) is 18.3 Å². The lowest BCUT2D eigenvalue weighted by molar-refractivity contribution is 0.277. The summed E-state index contributed by atoms with van der Waals surface area (Å²) in [7, 11) is 0. The predicted octanol–water partition coefficient (Wildman–Crippen LogP) is 0.594. The monoisotopic (exact) mass is 152 g/mol. The molecule has 0 saturated carbocycles. The quantitative estimate of drug-likeness (QED) is 0.652. The molecule has 1 aromatic heterocycles. The van der Waals surface area contributed by atoms with Gasteiger partial charge in [-0.2, -0.15) is 0 Å². The van der Waals surface area contributed by atoms with Crippen LogP contribution < -0.4 is 5.73 Å². The highest BCUT2D eigenvalue weighted by Crippen LogP contribution is 2.07. The summed E-state index contributed by atoms with van der Waals surface area (Å²) in [5.74, 6) is 0. The maximum atomic E-state index is 8.67. The molecule has 0 spiro atoms. The fourth-order valence-electron chi connectivity index (χ4n) is 0.799. The third-order valence-corrected chi connectivity index (χ3v) is 1.54. The molecule has 11 heavy (non-hydrogen) atoms. The number of nitrogens with zero attached hydrogens (tertiary/aromatic N) is 1. The largest absolute Gasteiger partial charge is 0.390 e. The zero-order chi connectivity index (χ0) is 8.27. The Kier molecular flexibility index (Phi) is 2.57. The van der Waals surface area contributed by atoms with Gasteiger partial charge < -0.3 is 10.8 Å². The second-order valence-corrected chi connectivity index (χ2v) is 2.53. The maximum Gasteiger partial charge on any atom is 0.0852 e. The zero-order valence-electron chi connectivity index (χ0n) is 6.49. The highest BCUT2D eigenvalue weighted by atomic mass is 16.3. The van der Waals surface area contributed by atoms with Crippen molar-refractivity contribution in [2.75, 3.05) is 0 Å². The second kappa shape index (κ2) is 3.46. The topological polar surface area (TPSA) is 59.1 Å². The number of aliphatic hydroxyl groups excluding tert-OH is 1. The molecule has 0 aliphatic heterocycles. The Morgan fingerprint density at radius 1 is 1.64 bits per heavy atom. The van der Waals surface area contributed by atoms with Crippen LogP contribution in [0.3, 0.4) is 0 Å². The smallest absolute Gasteiger partial charge is 0.0852 e. The summed E-state index contributed by atoms with van der Waals surface area (Å²) in [5, 5.41) is 8.67. The van der Waals surface area contributed by atoms with Crippen molar-refractivity contribution in [3.8, 4) is 0 Å². The molecule has 0 aliphatic carbocycles. The van der Waals surface area contributed by atoms with E-state index in [1.54, 1.807) is 12.3 Å². The lowest BCUT2D eigenvalue weighted by Crippen LogP contribution is -2.05. The van der Waals surface area contributed by atoms with Crippen LogP contribution in [0, 0.1) is 0 Å². The first-order chi connectivity index (χ1) is 5.24. The van der Waals surface area contributed by atoms with E-state index in [4.69, 9.17) is 10.8 Å². The Balaban J connectivity index is 2.83. The normalized spacial score (nSPS) is 13.0. The molecule has 1 rings (SSSR count). The first kappa shape index (κ1) is 8.17. The van der Waals surface area contributed by atoms with Gasteiger partial charge in [-0.3, -0.25) is 4.98 Å². The van der Waals surface area contributed by atoms with Crippen molar-refractivity contribution in [1.82, 2.24) is 4.98 Å². The fourth-order valence-corrected chi connectivity index (χ4v) is 0.799. The first-order valence-electron chi connectivity index (χ1n) is 3.55. The molecule has 0 radical (unpaired) electrons. The molecule has 0 aromatic carbocycles. The van der Waals surface area contributed by atoms with Crippen LogP contribution in [-0.4, -0.2) is 10.1 Å². The molecule has 3 nitrogen and oxygen atoms in total. The number of rotatable bonds is 2. The van der Waals surface area contributed by atoms with E-state index in [0.29, 0.717) is 5.69 Å². The Labute approximate surface area is 65.9 Å². The number of aromatic nitrogens is 1. The number of hydrogen-bond donors (Lipinski definition) is 2. The predicted molar refractivity (Wildman–Crippen MR) is 42.8 cm³/mol. The van der Waals surface area contributed by atoms with Crippen LogP contribution in [0.2, 0.25) is 0 Å². The van der Waals surface area contributed by atoms with E-state index in [2.05, 4.69) is 4.98 Å². The molecule has 3 heteroatoms. The van der Waals surface area contributed by atoms with Crippen LogP contribution in [-0.2, 0) is 6.61 Å². The van der Waals surface area contributed by atoms with Gasteiger partial charge in [-0.05, 0) is 18.6 Å². The van der Waals surface area contributed by atoms with E-state index >= 15 is 0 Å². The van der Waals surface area contributed by atoms with Crippen molar-refractivity contribution in [2.45, 2.75) is 19.6 Å². The molecule has 1 heterocycles. The Hall–Kier alpha value is -0.930. The third kappa shape index (κ3) is 2.00. The van der Waals surface area contributed by atoms with Crippen LogP contribution in [0.1, 0.15) is 24.2 Å². The minimum Gasteiger partial charge on any atom is -0.390 e. The van der Waals surface area contributed by atoms with Gasteiger partial charge in [0, 0.05) is 12.2 Å². The Bertz CT molecular complexity index is 218. The van der Waals surface area contributed by atoms with Gasteiger partial charge in [0.25, 0.3) is 0 Å². The summed E-state index contributed by atoms with van der Waals surface area (Å²) in [6, 6.07) is 3.66. The van der Waals surface area contributed by atoms with E-state index < -0.39 is 0 Å². The highest BCUT2D eigenvalue weighted by Gasteiger charge is 1.98. The summed E-state index contributed by atoms with van der Waals surface area (Å²) >= 11 is 0.